The number of rotatable bonds is 7. The quantitative estimate of drug-likeness (QED) is 0.538. The number of nitrogens with zero attached hydrogens (tertiary/aromatic N) is 2. The molecule has 1 fully saturated rings. The summed E-state index contributed by atoms with van der Waals surface area (Å²) in [6.45, 7) is 5.51. The predicted octanol–water partition coefficient (Wildman–Crippen LogP) is 4.46. The molecule has 2 heterocycles. The van der Waals surface area contributed by atoms with Gasteiger partial charge >= 0.3 is 0 Å². The van der Waals surface area contributed by atoms with E-state index in [0.29, 0.717) is 24.5 Å². The molecular weight excluding hydrogens is 454 g/mol. The largest absolute Gasteiger partial charge is 0.352 e. The van der Waals surface area contributed by atoms with Crippen LogP contribution >= 0.6 is 11.3 Å². The van der Waals surface area contributed by atoms with Crippen LogP contribution in [-0.4, -0.2) is 36.7 Å². The van der Waals surface area contributed by atoms with Gasteiger partial charge in [0.15, 0.2) is 0 Å². The number of carbonyl (C=O) groups is 1. The van der Waals surface area contributed by atoms with Gasteiger partial charge in [0.2, 0.25) is 15.9 Å². The van der Waals surface area contributed by atoms with Gasteiger partial charge < -0.3 is 5.32 Å². The third-order valence-electron chi connectivity index (χ3n) is 5.82. The molecule has 1 aliphatic heterocycles. The van der Waals surface area contributed by atoms with Gasteiger partial charge in [-0.3, -0.25) is 4.79 Å². The second-order valence-corrected chi connectivity index (χ2v) is 11.7. The lowest BCUT2D eigenvalue weighted by Crippen LogP contribution is -2.35. The molecule has 8 heteroatoms. The van der Waals surface area contributed by atoms with Crippen molar-refractivity contribution in [2.75, 3.05) is 13.1 Å². The van der Waals surface area contributed by atoms with Crippen LogP contribution in [0.15, 0.2) is 53.4 Å². The number of aryl methyl sites for hydroxylation is 2. The second-order valence-electron chi connectivity index (χ2n) is 8.43. The molecule has 1 aliphatic rings. The molecule has 0 spiro atoms. The number of sulfonamides is 1. The molecule has 0 radical (unpaired) electrons. The second kappa shape index (κ2) is 10.2. The smallest absolute Gasteiger partial charge is 0.243 e. The van der Waals surface area contributed by atoms with E-state index in [1.165, 1.54) is 16.9 Å². The summed E-state index contributed by atoms with van der Waals surface area (Å²) in [5, 5.41) is 3.88. The molecule has 1 aromatic heterocycles. The van der Waals surface area contributed by atoms with Crippen LogP contribution in [0.3, 0.4) is 0 Å². The van der Waals surface area contributed by atoms with Crippen LogP contribution in [0.4, 0.5) is 0 Å². The molecule has 33 heavy (non-hydrogen) atoms. The Morgan fingerprint density at radius 1 is 1.00 bits per heavy atom. The highest BCUT2D eigenvalue weighted by atomic mass is 32.2. The minimum absolute atomic E-state index is 0.0861. The average molecular weight is 484 g/mol. The Morgan fingerprint density at radius 2 is 1.67 bits per heavy atom. The Kier molecular flexibility index (Phi) is 7.26. The molecule has 6 nitrogen and oxygen atoms in total. The summed E-state index contributed by atoms with van der Waals surface area (Å²) >= 11 is 1.54. The summed E-state index contributed by atoms with van der Waals surface area (Å²) in [5.41, 5.74) is 3.91. The fourth-order valence-corrected chi connectivity index (χ4v) is 6.44. The first-order chi connectivity index (χ1) is 15.8. The van der Waals surface area contributed by atoms with Crippen molar-refractivity contribution in [1.82, 2.24) is 14.6 Å². The van der Waals surface area contributed by atoms with Gasteiger partial charge in [-0.2, -0.15) is 4.31 Å². The van der Waals surface area contributed by atoms with E-state index in [-0.39, 0.29) is 12.3 Å². The number of nitrogens with one attached hydrogen (secondary N) is 1. The summed E-state index contributed by atoms with van der Waals surface area (Å²) in [6.07, 6.45) is 3.16. The maximum absolute atomic E-state index is 12.8. The SMILES string of the molecule is Cc1ccc(-c2nc(C)sc2CC(=O)NCc2ccc(S(=O)(=O)N3CCCCC3)cc2)cc1. The lowest BCUT2D eigenvalue weighted by atomic mass is 10.1. The Bertz CT molecular complexity index is 1210. The first-order valence-electron chi connectivity index (χ1n) is 11.2. The Labute approximate surface area is 199 Å². The van der Waals surface area contributed by atoms with Gasteiger partial charge in [-0.05, 0) is 44.4 Å². The minimum atomic E-state index is -3.44. The van der Waals surface area contributed by atoms with Crippen LogP contribution in [0.1, 0.15) is 40.3 Å². The highest BCUT2D eigenvalue weighted by Gasteiger charge is 2.25. The minimum Gasteiger partial charge on any atom is -0.352 e. The molecule has 0 unspecified atom stereocenters. The molecular formula is C25H29N3O3S2. The van der Waals surface area contributed by atoms with Gasteiger partial charge in [0, 0.05) is 30.1 Å². The van der Waals surface area contributed by atoms with Crippen molar-refractivity contribution < 1.29 is 13.2 Å². The van der Waals surface area contributed by atoms with E-state index in [1.807, 2.05) is 38.1 Å². The number of carbonyl (C=O) groups excluding carboxylic acids is 1. The lowest BCUT2D eigenvalue weighted by Gasteiger charge is -2.25. The number of amides is 1. The molecule has 174 valence electrons. The van der Waals surface area contributed by atoms with Gasteiger partial charge in [-0.25, -0.2) is 13.4 Å². The number of thiazole rings is 1. The predicted molar refractivity (Wildman–Crippen MR) is 132 cm³/mol. The van der Waals surface area contributed by atoms with E-state index < -0.39 is 10.0 Å². The molecule has 0 aliphatic carbocycles. The van der Waals surface area contributed by atoms with Crippen LogP contribution in [0.25, 0.3) is 11.3 Å². The third kappa shape index (κ3) is 5.69. The summed E-state index contributed by atoms with van der Waals surface area (Å²) < 4.78 is 27.1. The highest BCUT2D eigenvalue weighted by Crippen LogP contribution is 2.29. The number of hydrogen-bond acceptors (Lipinski definition) is 5. The summed E-state index contributed by atoms with van der Waals surface area (Å²) in [7, 11) is -3.44. The van der Waals surface area contributed by atoms with Crippen molar-refractivity contribution in [2.24, 2.45) is 0 Å². The summed E-state index contributed by atoms with van der Waals surface area (Å²) in [6, 6.07) is 15.0. The van der Waals surface area contributed by atoms with Gasteiger partial charge in [-0.15, -0.1) is 11.3 Å². The van der Waals surface area contributed by atoms with Gasteiger partial charge in [0.05, 0.1) is 22.0 Å². The molecule has 0 saturated carbocycles. The maximum atomic E-state index is 12.8. The van der Waals surface area contributed by atoms with Crippen LogP contribution < -0.4 is 5.32 Å². The van der Waals surface area contributed by atoms with Crippen LogP contribution in [0, 0.1) is 13.8 Å². The van der Waals surface area contributed by atoms with Crippen LogP contribution in [0.2, 0.25) is 0 Å². The molecule has 0 bridgehead atoms. The number of piperidine rings is 1. The zero-order valence-electron chi connectivity index (χ0n) is 19.0. The van der Waals surface area contributed by atoms with Gasteiger partial charge in [0.25, 0.3) is 0 Å². The molecule has 2 aromatic carbocycles. The highest BCUT2D eigenvalue weighted by molar-refractivity contribution is 7.89. The Balaban J connectivity index is 1.37. The van der Waals surface area contributed by atoms with Crippen LogP contribution in [0.5, 0.6) is 0 Å². The Morgan fingerprint density at radius 3 is 2.33 bits per heavy atom. The van der Waals surface area contributed by atoms with Crippen LogP contribution in [-0.2, 0) is 27.8 Å². The number of aromatic nitrogens is 1. The van der Waals surface area contributed by atoms with E-state index in [4.69, 9.17) is 0 Å². The standard InChI is InChI=1S/C25H29N3O3S2/c1-18-6-10-21(11-7-18)25-23(32-19(2)27-25)16-24(29)26-17-20-8-12-22(13-9-20)33(30,31)28-14-4-3-5-15-28/h6-13H,3-5,14-17H2,1-2H3,(H,26,29). The van der Waals surface area contributed by atoms with E-state index >= 15 is 0 Å². The third-order valence-corrected chi connectivity index (χ3v) is 8.70. The van der Waals surface area contributed by atoms with Crippen molar-refractivity contribution in [3.8, 4) is 11.3 Å². The monoisotopic (exact) mass is 483 g/mol. The van der Waals surface area contributed by atoms with Crippen molar-refractivity contribution in [3.05, 3.63) is 69.5 Å². The molecule has 1 saturated heterocycles. The van der Waals surface area contributed by atoms with Crippen molar-refractivity contribution in [3.63, 3.8) is 0 Å². The number of benzene rings is 2. The molecule has 4 rings (SSSR count). The summed E-state index contributed by atoms with van der Waals surface area (Å²) in [5.74, 6) is -0.0861. The molecule has 0 atom stereocenters. The van der Waals surface area contributed by atoms with E-state index in [9.17, 15) is 13.2 Å². The van der Waals surface area contributed by atoms with E-state index in [0.717, 1.165) is 46.0 Å². The first-order valence-corrected chi connectivity index (χ1v) is 13.5. The summed E-state index contributed by atoms with van der Waals surface area (Å²) in [4.78, 5) is 18.5. The zero-order valence-corrected chi connectivity index (χ0v) is 20.6. The molecule has 1 N–H and O–H groups in total. The number of hydrogen-bond donors (Lipinski definition) is 1. The fourth-order valence-electron chi connectivity index (χ4n) is 3.97. The molecule has 1 amide bonds. The topological polar surface area (TPSA) is 79.4 Å². The lowest BCUT2D eigenvalue weighted by molar-refractivity contribution is -0.120. The van der Waals surface area contributed by atoms with Gasteiger partial charge in [0.1, 0.15) is 0 Å². The fraction of sp³-hybridized carbons (Fsp3) is 0.360. The van der Waals surface area contributed by atoms with Crippen molar-refractivity contribution in [1.29, 1.82) is 0 Å². The first kappa shape index (κ1) is 23.6. The average Bonchev–Trinajstić information content (AvgIpc) is 3.18. The van der Waals surface area contributed by atoms with Gasteiger partial charge in [-0.1, -0.05) is 48.4 Å². The van der Waals surface area contributed by atoms with E-state index in [2.05, 4.69) is 10.3 Å². The van der Waals surface area contributed by atoms with E-state index in [1.54, 1.807) is 28.6 Å². The zero-order chi connectivity index (χ0) is 23.4. The normalized spacial score (nSPS) is 14.8. The van der Waals surface area contributed by atoms with Crippen molar-refractivity contribution in [2.45, 2.75) is 51.0 Å². The maximum Gasteiger partial charge on any atom is 0.243 e. The Hall–Kier alpha value is -2.55. The van der Waals surface area contributed by atoms with Crippen molar-refractivity contribution >= 4 is 27.3 Å². The molecule has 3 aromatic rings.